The van der Waals surface area contributed by atoms with E-state index in [-0.39, 0.29) is 12.6 Å². The zero-order valence-electron chi connectivity index (χ0n) is 14.8. The third-order valence-corrected chi connectivity index (χ3v) is 4.10. The van der Waals surface area contributed by atoms with E-state index in [1.165, 1.54) is 0 Å². The molecular formula is C20H20N4O2. The number of nitrogens with zero attached hydrogens (tertiary/aromatic N) is 3. The fourth-order valence-electron chi connectivity index (χ4n) is 2.84. The minimum Gasteiger partial charge on any atom is -0.460 e. The maximum atomic E-state index is 12.4. The van der Waals surface area contributed by atoms with Gasteiger partial charge in [0.15, 0.2) is 0 Å². The van der Waals surface area contributed by atoms with Crippen molar-refractivity contribution in [2.75, 3.05) is 18.5 Å². The fraction of sp³-hybridized carbons (Fsp3) is 0.250. The van der Waals surface area contributed by atoms with Crippen molar-refractivity contribution in [3.05, 3.63) is 59.9 Å². The number of aromatic nitrogens is 2. The van der Waals surface area contributed by atoms with Crippen molar-refractivity contribution in [1.82, 2.24) is 9.55 Å². The van der Waals surface area contributed by atoms with E-state index in [0.29, 0.717) is 29.5 Å². The molecule has 26 heavy (non-hydrogen) atoms. The Kier molecular flexibility index (Phi) is 5.18. The lowest BCUT2D eigenvalue weighted by molar-refractivity contribution is 0.0523. The molecule has 0 unspecified atom stereocenters. The van der Waals surface area contributed by atoms with Crippen LogP contribution in [0, 0.1) is 11.3 Å². The van der Waals surface area contributed by atoms with Gasteiger partial charge in [0.2, 0.25) is 0 Å². The van der Waals surface area contributed by atoms with Gasteiger partial charge in [0, 0.05) is 29.3 Å². The molecule has 0 aliphatic carbocycles. The molecule has 6 nitrogen and oxygen atoms in total. The molecule has 3 rings (SSSR count). The minimum absolute atomic E-state index is 0.182. The first-order valence-corrected chi connectivity index (χ1v) is 8.47. The van der Waals surface area contributed by atoms with E-state index in [0.717, 1.165) is 10.9 Å². The summed E-state index contributed by atoms with van der Waals surface area (Å²) in [6, 6.07) is 13.3. The highest BCUT2D eigenvalue weighted by Crippen LogP contribution is 2.24. The van der Waals surface area contributed by atoms with Crippen molar-refractivity contribution in [2.24, 2.45) is 0 Å². The Labute approximate surface area is 152 Å². The highest BCUT2D eigenvalue weighted by molar-refractivity contribution is 6.03. The van der Waals surface area contributed by atoms with Gasteiger partial charge in [-0.2, -0.15) is 5.26 Å². The Bertz CT molecular complexity index is 969. The van der Waals surface area contributed by atoms with E-state index < -0.39 is 0 Å². The second-order valence-corrected chi connectivity index (χ2v) is 6.13. The Morgan fingerprint density at radius 2 is 2.15 bits per heavy atom. The van der Waals surface area contributed by atoms with Crippen LogP contribution in [0.4, 0.5) is 5.82 Å². The maximum absolute atomic E-state index is 12.4. The summed E-state index contributed by atoms with van der Waals surface area (Å²) in [4.78, 5) is 16.6. The first kappa shape index (κ1) is 17.5. The van der Waals surface area contributed by atoms with Crippen LogP contribution < -0.4 is 5.32 Å². The summed E-state index contributed by atoms with van der Waals surface area (Å²) in [5, 5.41) is 12.9. The molecule has 1 aromatic carbocycles. The molecule has 0 amide bonds. The van der Waals surface area contributed by atoms with Gasteiger partial charge in [0.1, 0.15) is 18.5 Å². The fourth-order valence-corrected chi connectivity index (χ4v) is 2.84. The highest BCUT2D eigenvalue weighted by Gasteiger charge is 2.14. The van der Waals surface area contributed by atoms with Gasteiger partial charge in [-0.25, -0.2) is 9.78 Å². The average Bonchev–Trinajstić information content (AvgIpc) is 3.09. The summed E-state index contributed by atoms with van der Waals surface area (Å²) in [6.07, 6.45) is 3.59. The van der Waals surface area contributed by atoms with Gasteiger partial charge in [0.05, 0.1) is 17.7 Å². The normalized spacial score (nSPS) is 10.7. The van der Waals surface area contributed by atoms with Crippen molar-refractivity contribution >= 4 is 22.7 Å². The molecule has 0 atom stereocenters. The van der Waals surface area contributed by atoms with Crippen LogP contribution in [0.15, 0.2) is 48.8 Å². The second-order valence-electron chi connectivity index (χ2n) is 6.13. The quantitative estimate of drug-likeness (QED) is 0.542. The molecular weight excluding hydrogens is 328 g/mol. The topological polar surface area (TPSA) is 79.9 Å². The minimum atomic E-state index is -0.361. The van der Waals surface area contributed by atoms with Gasteiger partial charge in [-0.3, -0.25) is 0 Å². The van der Waals surface area contributed by atoms with E-state index in [9.17, 15) is 4.79 Å². The molecule has 0 aliphatic heterocycles. The molecule has 1 N–H and O–H groups in total. The molecule has 0 spiro atoms. The molecule has 2 aromatic heterocycles. The smallest absolute Gasteiger partial charge is 0.338 e. The summed E-state index contributed by atoms with van der Waals surface area (Å²) in [7, 11) is 0. The molecule has 0 radical (unpaired) electrons. The van der Waals surface area contributed by atoms with Crippen LogP contribution in [0.25, 0.3) is 10.9 Å². The van der Waals surface area contributed by atoms with E-state index in [2.05, 4.69) is 34.8 Å². The third-order valence-electron chi connectivity index (χ3n) is 4.10. The summed E-state index contributed by atoms with van der Waals surface area (Å²) in [5.74, 6) is 0.127. The number of carbonyl (C=O) groups is 1. The molecule has 0 bridgehead atoms. The van der Waals surface area contributed by atoms with E-state index >= 15 is 0 Å². The second kappa shape index (κ2) is 7.70. The average molecular weight is 348 g/mol. The van der Waals surface area contributed by atoms with Crippen LogP contribution in [0.3, 0.4) is 0 Å². The Morgan fingerprint density at radius 1 is 1.31 bits per heavy atom. The molecule has 6 heteroatoms. The van der Waals surface area contributed by atoms with Crippen molar-refractivity contribution < 1.29 is 9.53 Å². The Balaban J connectivity index is 1.64. The molecule has 132 valence electrons. The number of ether oxygens (including phenoxy) is 1. The molecule has 0 fully saturated rings. The van der Waals surface area contributed by atoms with Gasteiger partial charge in [-0.1, -0.05) is 6.07 Å². The number of hydrogen-bond acceptors (Lipinski definition) is 5. The number of fused-ring (bicyclic) bond motifs is 1. The van der Waals surface area contributed by atoms with Gasteiger partial charge >= 0.3 is 5.97 Å². The van der Waals surface area contributed by atoms with Gasteiger partial charge in [0.25, 0.3) is 0 Å². The van der Waals surface area contributed by atoms with Crippen LogP contribution in [0.2, 0.25) is 0 Å². The number of carbonyl (C=O) groups excluding carboxylic acids is 1. The van der Waals surface area contributed by atoms with Crippen molar-refractivity contribution in [3.63, 3.8) is 0 Å². The Morgan fingerprint density at radius 3 is 2.92 bits per heavy atom. The van der Waals surface area contributed by atoms with Crippen molar-refractivity contribution in [1.29, 1.82) is 5.26 Å². The van der Waals surface area contributed by atoms with E-state index in [1.807, 2.05) is 24.4 Å². The summed E-state index contributed by atoms with van der Waals surface area (Å²) >= 11 is 0. The predicted molar refractivity (Wildman–Crippen MR) is 100 cm³/mol. The number of nitrogens with one attached hydrogen (secondary N) is 1. The summed E-state index contributed by atoms with van der Waals surface area (Å²) in [5.41, 5.74) is 2.02. The lowest BCUT2D eigenvalue weighted by Gasteiger charge is -2.11. The zero-order chi connectivity index (χ0) is 18.5. The Hall–Kier alpha value is -3.33. The van der Waals surface area contributed by atoms with Crippen LogP contribution in [0.5, 0.6) is 0 Å². The summed E-state index contributed by atoms with van der Waals surface area (Å²) in [6.45, 7) is 4.76. The predicted octanol–water partition coefficient (Wildman–Crippen LogP) is 3.76. The first-order chi connectivity index (χ1) is 12.6. The van der Waals surface area contributed by atoms with Gasteiger partial charge < -0.3 is 14.6 Å². The molecule has 0 saturated carbocycles. The number of esters is 1. The summed E-state index contributed by atoms with van der Waals surface area (Å²) < 4.78 is 7.50. The molecule has 3 aromatic rings. The SMILES string of the molecule is CC(C)n1ccc2c(C(=O)OCCNc3ncccc3C#N)cccc21. The number of hydrogen-bond donors (Lipinski definition) is 1. The van der Waals surface area contributed by atoms with Crippen LogP contribution >= 0.6 is 0 Å². The van der Waals surface area contributed by atoms with E-state index in [4.69, 9.17) is 10.00 Å². The third kappa shape index (κ3) is 3.52. The van der Waals surface area contributed by atoms with Crippen LogP contribution in [-0.4, -0.2) is 28.7 Å². The van der Waals surface area contributed by atoms with Crippen molar-refractivity contribution in [3.8, 4) is 6.07 Å². The highest BCUT2D eigenvalue weighted by atomic mass is 16.5. The van der Waals surface area contributed by atoms with Crippen LogP contribution in [0.1, 0.15) is 35.8 Å². The number of anilines is 1. The molecule has 2 heterocycles. The van der Waals surface area contributed by atoms with Gasteiger partial charge in [-0.05, 0) is 44.2 Å². The largest absolute Gasteiger partial charge is 0.460 e. The van der Waals surface area contributed by atoms with E-state index in [1.54, 1.807) is 24.4 Å². The van der Waals surface area contributed by atoms with Gasteiger partial charge in [-0.15, -0.1) is 0 Å². The first-order valence-electron chi connectivity index (χ1n) is 8.47. The van der Waals surface area contributed by atoms with Crippen molar-refractivity contribution in [2.45, 2.75) is 19.9 Å². The monoisotopic (exact) mass is 348 g/mol. The van der Waals surface area contributed by atoms with Crippen LogP contribution in [-0.2, 0) is 4.74 Å². The number of rotatable bonds is 6. The molecule has 0 saturated heterocycles. The maximum Gasteiger partial charge on any atom is 0.338 e. The number of nitriles is 1. The number of pyridine rings is 1. The number of benzene rings is 1. The zero-order valence-corrected chi connectivity index (χ0v) is 14.8. The standard InChI is InChI=1S/C20H20N4O2/c1-14(2)24-11-8-16-17(6-3-7-18(16)24)20(25)26-12-10-23-19-15(13-21)5-4-9-22-19/h3-9,11,14H,10,12H2,1-2H3,(H,22,23). The lowest BCUT2D eigenvalue weighted by Crippen LogP contribution is -2.15. The lowest BCUT2D eigenvalue weighted by atomic mass is 10.1. The molecule has 0 aliphatic rings.